The van der Waals surface area contributed by atoms with E-state index in [2.05, 4.69) is 42.2 Å². The van der Waals surface area contributed by atoms with Crippen LogP contribution < -0.4 is 4.90 Å². The summed E-state index contributed by atoms with van der Waals surface area (Å²) in [6.45, 7) is 9.22. The maximum atomic E-state index is 13.3. The molecule has 1 aliphatic heterocycles. The summed E-state index contributed by atoms with van der Waals surface area (Å²) in [7, 11) is -1.17. The summed E-state index contributed by atoms with van der Waals surface area (Å²) < 4.78 is 18.5. The molecule has 0 N–H and O–H groups in total. The second-order valence-electron chi connectivity index (χ2n) is 8.57. The molecule has 154 valence electrons. The molecule has 0 aromatic heterocycles. The average molecular weight is 515 g/mol. The Morgan fingerprint density at radius 1 is 1.25 bits per heavy atom. The largest absolute Gasteiger partial charge is 0.361 e. The van der Waals surface area contributed by atoms with Gasteiger partial charge in [0.05, 0.1) is 18.9 Å². The van der Waals surface area contributed by atoms with Crippen LogP contribution in [0.1, 0.15) is 19.3 Å². The number of para-hydroxylation sites is 1. The molecule has 0 radical (unpaired) electrons. The van der Waals surface area contributed by atoms with E-state index in [9.17, 15) is 4.79 Å². The molecule has 0 atom stereocenters. The molecule has 1 aromatic rings. The number of hydrogen-bond donors (Lipinski definition) is 0. The van der Waals surface area contributed by atoms with Crippen molar-refractivity contribution in [3.63, 3.8) is 0 Å². The van der Waals surface area contributed by atoms with Crippen molar-refractivity contribution in [3.05, 3.63) is 39.5 Å². The van der Waals surface area contributed by atoms with Gasteiger partial charge in [0, 0.05) is 36.7 Å². The zero-order valence-corrected chi connectivity index (χ0v) is 20.2. The lowest BCUT2D eigenvalue weighted by atomic mass is 9.93. The van der Waals surface area contributed by atoms with Crippen LogP contribution >= 0.6 is 22.6 Å². The van der Waals surface area contributed by atoms with E-state index in [-0.39, 0.29) is 12.6 Å². The lowest BCUT2D eigenvalue weighted by molar-refractivity contribution is -0.161. The summed E-state index contributed by atoms with van der Waals surface area (Å²) in [5.41, 5.74) is 1.72. The minimum atomic E-state index is -1.17. The first-order chi connectivity index (χ1) is 13.3. The number of nitrogens with zero attached hydrogens (tertiary/aromatic N) is 1. The van der Waals surface area contributed by atoms with Crippen LogP contribution in [0.2, 0.25) is 25.7 Å². The summed E-state index contributed by atoms with van der Waals surface area (Å²) in [6.07, 6.45) is 4.00. The predicted molar refractivity (Wildman–Crippen MR) is 122 cm³/mol. The number of carbonyl (C=O) groups excluding carboxylic acids is 1. The Morgan fingerprint density at radius 2 is 1.96 bits per heavy atom. The van der Waals surface area contributed by atoms with Gasteiger partial charge in [0.15, 0.2) is 5.79 Å². The molecule has 0 unspecified atom stereocenters. The highest BCUT2D eigenvalue weighted by Crippen LogP contribution is 2.36. The van der Waals surface area contributed by atoms with Gasteiger partial charge in [-0.15, -0.1) is 0 Å². The monoisotopic (exact) mass is 515 g/mol. The van der Waals surface area contributed by atoms with Gasteiger partial charge in [-0.2, -0.15) is 0 Å². The molecule has 3 rings (SSSR count). The molecule has 1 aliphatic carbocycles. The molecule has 1 spiro atoms. The third-order valence-electron chi connectivity index (χ3n) is 5.13. The Kier molecular flexibility index (Phi) is 7.35. The fourth-order valence-electron chi connectivity index (χ4n) is 3.38. The topological polar surface area (TPSA) is 48.0 Å². The first-order valence-corrected chi connectivity index (χ1v) is 14.7. The maximum Gasteiger partial charge on any atom is 0.255 e. The third-order valence-corrected chi connectivity index (χ3v) is 7.74. The number of ether oxygens (including phenoxy) is 3. The normalized spacial score (nSPS) is 18.9. The number of amides is 1. The molecule has 1 heterocycles. The van der Waals surface area contributed by atoms with Crippen LogP contribution in [0.3, 0.4) is 0 Å². The van der Waals surface area contributed by atoms with Gasteiger partial charge in [-0.1, -0.05) is 37.8 Å². The van der Waals surface area contributed by atoms with E-state index >= 15 is 0 Å². The molecule has 5 nitrogen and oxygen atoms in total. The highest BCUT2D eigenvalue weighted by molar-refractivity contribution is 14.1. The van der Waals surface area contributed by atoms with Crippen LogP contribution in [0.25, 0.3) is 0 Å². The van der Waals surface area contributed by atoms with Gasteiger partial charge >= 0.3 is 0 Å². The molecule has 2 aliphatic rings. The molecule has 1 saturated heterocycles. The van der Waals surface area contributed by atoms with Crippen molar-refractivity contribution >= 4 is 42.3 Å². The zero-order chi connectivity index (χ0) is 20.2. The van der Waals surface area contributed by atoms with Gasteiger partial charge in [0.1, 0.15) is 6.73 Å². The van der Waals surface area contributed by atoms with E-state index in [1.54, 1.807) is 4.90 Å². The molecule has 1 fully saturated rings. The Balaban J connectivity index is 1.72. The molecule has 1 aromatic carbocycles. The van der Waals surface area contributed by atoms with E-state index in [1.807, 2.05) is 30.3 Å². The van der Waals surface area contributed by atoms with Crippen molar-refractivity contribution in [2.75, 3.05) is 31.5 Å². The number of benzene rings is 1. The Morgan fingerprint density at radius 3 is 2.57 bits per heavy atom. The molecule has 1 amide bonds. The number of rotatable bonds is 7. The second kappa shape index (κ2) is 9.38. The van der Waals surface area contributed by atoms with E-state index in [0.29, 0.717) is 32.7 Å². The van der Waals surface area contributed by atoms with E-state index in [1.165, 1.54) is 0 Å². The van der Waals surface area contributed by atoms with Gasteiger partial charge in [0.25, 0.3) is 5.91 Å². The van der Waals surface area contributed by atoms with Gasteiger partial charge in [-0.05, 0) is 47.2 Å². The number of anilines is 1. The molecule has 0 bridgehead atoms. The predicted octanol–water partition coefficient (Wildman–Crippen LogP) is 4.79. The molecule has 28 heavy (non-hydrogen) atoms. The van der Waals surface area contributed by atoms with Gasteiger partial charge in [-0.25, -0.2) is 0 Å². The van der Waals surface area contributed by atoms with Crippen molar-refractivity contribution in [1.29, 1.82) is 0 Å². The molecule has 7 heteroatoms. The fourth-order valence-corrected chi connectivity index (χ4v) is 4.81. The second-order valence-corrected chi connectivity index (χ2v) is 15.4. The first-order valence-electron chi connectivity index (χ1n) is 9.91. The van der Waals surface area contributed by atoms with E-state index in [4.69, 9.17) is 14.2 Å². The van der Waals surface area contributed by atoms with Crippen molar-refractivity contribution in [3.8, 4) is 0 Å². The van der Waals surface area contributed by atoms with Gasteiger partial charge in [-0.3, -0.25) is 9.69 Å². The summed E-state index contributed by atoms with van der Waals surface area (Å²) in [6, 6.07) is 9.03. The highest BCUT2D eigenvalue weighted by atomic mass is 127. The quantitative estimate of drug-likeness (QED) is 0.227. The van der Waals surface area contributed by atoms with Crippen molar-refractivity contribution in [1.82, 2.24) is 0 Å². The Labute approximate surface area is 182 Å². The van der Waals surface area contributed by atoms with Crippen LogP contribution in [-0.2, 0) is 19.0 Å². The van der Waals surface area contributed by atoms with Crippen LogP contribution in [0.4, 0.5) is 5.69 Å². The number of carbonyl (C=O) groups is 1. The first kappa shape index (κ1) is 22.0. The average Bonchev–Trinajstić information content (AvgIpc) is 3.10. The molecular formula is C21H30INO4Si. The summed E-state index contributed by atoms with van der Waals surface area (Å²) in [5.74, 6) is -0.492. The number of hydrogen-bond acceptors (Lipinski definition) is 4. The standard InChI is InChI=1S/C21H30INO4Si/c1-28(2,3)15-14-25-16-23(19-7-5-4-6-18(19)22)20(24)17-8-10-21(11-9-17)26-12-13-27-21/h4-8H,9-16H2,1-3H3. The Hall–Kier alpha value is -0.743. The summed E-state index contributed by atoms with van der Waals surface area (Å²) >= 11 is 2.28. The van der Waals surface area contributed by atoms with Crippen molar-refractivity contribution in [2.45, 2.75) is 50.7 Å². The number of halogens is 1. The maximum absolute atomic E-state index is 13.3. The van der Waals surface area contributed by atoms with Crippen molar-refractivity contribution < 1.29 is 19.0 Å². The molecular weight excluding hydrogens is 485 g/mol. The van der Waals surface area contributed by atoms with Crippen LogP contribution in [0.5, 0.6) is 0 Å². The van der Waals surface area contributed by atoms with Gasteiger partial charge in [0.2, 0.25) is 0 Å². The van der Waals surface area contributed by atoms with Crippen molar-refractivity contribution in [2.24, 2.45) is 0 Å². The SMILES string of the molecule is C[Si](C)(C)CCOCN(C(=O)C1=CCC2(CC1)OCCO2)c1ccccc1I. The lowest BCUT2D eigenvalue weighted by Gasteiger charge is -2.32. The van der Waals surface area contributed by atoms with E-state index in [0.717, 1.165) is 27.3 Å². The Bertz CT molecular complexity index is 725. The minimum absolute atomic E-state index is 0.0185. The zero-order valence-electron chi connectivity index (χ0n) is 17.0. The third kappa shape index (κ3) is 5.66. The van der Waals surface area contributed by atoms with Gasteiger partial charge < -0.3 is 14.2 Å². The van der Waals surface area contributed by atoms with E-state index < -0.39 is 13.9 Å². The molecule has 0 saturated carbocycles. The summed E-state index contributed by atoms with van der Waals surface area (Å²) in [4.78, 5) is 15.1. The lowest BCUT2D eigenvalue weighted by Crippen LogP contribution is -2.38. The van der Waals surface area contributed by atoms with Crippen LogP contribution in [-0.4, -0.2) is 46.3 Å². The van der Waals surface area contributed by atoms with Crippen LogP contribution in [0, 0.1) is 3.57 Å². The smallest absolute Gasteiger partial charge is 0.255 e. The summed E-state index contributed by atoms with van der Waals surface area (Å²) in [5, 5.41) is 0. The highest BCUT2D eigenvalue weighted by Gasteiger charge is 2.39. The minimum Gasteiger partial charge on any atom is -0.361 e. The van der Waals surface area contributed by atoms with Crippen LogP contribution in [0.15, 0.2) is 35.9 Å². The fraction of sp³-hybridized carbons (Fsp3) is 0.571.